The Balaban J connectivity index is 2.27. The van der Waals surface area contributed by atoms with Gasteiger partial charge in [-0.15, -0.1) is 0 Å². The molecular weight excluding hydrogens is 312 g/mol. The number of benzene rings is 1. The maximum atomic E-state index is 12.2. The first kappa shape index (κ1) is 15.2. The van der Waals surface area contributed by atoms with Crippen LogP contribution in [0.1, 0.15) is 11.3 Å². The fourth-order valence-corrected chi connectivity index (χ4v) is 2.81. The molecule has 0 aliphatic heterocycles. The van der Waals surface area contributed by atoms with Gasteiger partial charge < -0.3 is 0 Å². The van der Waals surface area contributed by atoms with Gasteiger partial charge in [0.2, 0.25) is 5.95 Å². The van der Waals surface area contributed by atoms with Gasteiger partial charge in [-0.1, -0.05) is 23.7 Å². The van der Waals surface area contributed by atoms with Crippen molar-refractivity contribution < 1.29 is 8.42 Å². The number of anilines is 1. The highest BCUT2D eigenvalue weighted by Gasteiger charge is 2.16. The number of rotatable bonds is 4. The molecule has 1 heterocycles. The van der Waals surface area contributed by atoms with Gasteiger partial charge in [0.05, 0.1) is 17.4 Å². The lowest BCUT2D eigenvalue weighted by molar-refractivity contribution is 0.601. The molecule has 0 radical (unpaired) electrons. The maximum Gasteiger partial charge on any atom is 0.264 e. The van der Waals surface area contributed by atoms with Gasteiger partial charge in [-0.2, -0.15) is 5.26 Å². The zero-order chi connectivity index (χ0) is 15.5. The Morgan fingerprint density at radius 2 is 1.95 bits per heavy atom. The number of nitriles is 1. The number of sulfonamides is 1. The summed E-state index contributed by atoms with van der Waals surface area (Å²) in [5.41, 5.74) is 1.29. The van der Waals surface area contributed by atoms with Crippen LogP contribution in [0.2, 0.25) is 5.15 Å². The monoisotopic (exact) mass is 322 g/mol. The lowest BCUT2D eigenvalue weighted by Gasteiger charge is -2.07. The van der Waals surface area contributed by atoms with Gasteiger partial charge in [0, 0.05) is 5.69 Å². The predicted octanol–water partition coefficient (Wildman–Crippen LogP) is 2.31. The summed E-state index contributed by atoms with van der Waals surface area (Å²) in [6.45, 7) is 1.68. The van der Waals surface area contributed by atoms with Crippen LogP contribution in [0.25, 0.3) is 0 Å². The SMILES string of the molecule is Cc1cc(Cl)nc(NS(=O)(=O)c2ccc(CC#N)cc2)n1. The summed E-state index contributed by atoms with van der Waals surface area (Å²) in [6, 6.07) is 9.54. The highest BCUT2D eigenvalue weighted by Crippen LogP contribution is 2.16. The van der Waals surface area contributed by atoms with E-state index in [9.17, 15) is 8.42 Å². The van der Waals surface area contributed by atoms with Crippen LogP contribution in [0.5, 0.6) is 0 Å². The van der Waals surface area contributed by atoms with E-state index in [1.807, 2.05) is 6.07 Å². The fraction of sp³-hybridized carbons (Fsp3) is 0.154. The number of nitrogens with zero attached hydrogens (tertiary/aromatic N) is 3. The number of aryl methyl sites for hydroxylation is 1. The standard InChI is InChI=1S/C13H11ClN4O2S/c1-9-8-12(14)17-13(16-9)18-21(19,20)11-4-2-10(3-5-11)6-7-15/h2-5,8H,6H2,1H3,(H,16,17,18). The zero-order valence-electron chi connectivity index (χ0n) is 11.0. The summed E-state index contributed by atoms with van der Waals surface area (Å²) in [5.74, 6) is -0.0823. The Hall–Kier alpha value is -2.17. The van der Waals surface area contributed by atoms with Crippen molar-refractivity contribution in [1.29, 1.82) is 5.26 Å². The number of hydrogen-bond donors (Lipinski definition) is 1. The predicted molar refractivity (Wildman–Crippen MR) is 78.3 cm³/mol. The van der Waals surface area contributed by atoms with Crippen LogP contribution in [0.3, 0.4) is 0 Å². The first-order valence-electron chi connectivity index (χ1n) is 5.90. The van der Waals surface area contributed by atoms with Gasteiger partial charge >= 0.3 is 0 Å². The third-order valence-corrected chi connectivity index (χ3v) is 4.10. The lowest BCUT2D eigenvalue weighted by atomic mass is 10.2. The van der Waals surface area contributed by atoms with Crippen molar-refractivity contribution in [2.75, 3.05) is 4.72 Å². The summed E-state index contributed by atoms with van der Waals surface area (Å²) in [7, 11) is -3.80. The molecule has 1 N–H and O–H groups in total. The Kier molecular flexibility index (Phi) is 4.40. The highest BCUT2D eigenvalue weighted by molar-refractivity contribution is 7.92. The molecule has 0 bridgehead atoms. The Morgan fingerprint density at radius 3 is 2.52 bits per heavy atom. The molecule has 1 aromatic heterocycles. The molecule has 2 rings (SSSR count). The van der Waals surface area contributed by atoms with Gasteiger partial charge in [-0.05, 0) is 30.7 Å². The molecule has 2 aromatic rings. The maximum absolute atomic E-state index is 12.2. The molecule has 0 aliphatic carbocycles. The molecule has 8 heteroatoms. The van der Waals surface area contributed by atoms with E-state index in [-0.39, 0.29) is 22.4 Å². The second-order valence-electron chi connectivity index (χ2n) is 4.24. The molecule has 21 heavy (non-hydrogen) atoms. The van der Waals surface area contributed by atoms with Crippen molar-refractivity contribution in [1.82, 2.24) is 9.97 Å². The zero-order valence-corrected chi connectivity index (χ0v) is 12.6. The summed E-state index contributed by atoms with van der Waals surface area (Å²) in [4.78, 5) is 7.84. The Bertz CT molecular complexity index is 778. The van der Waals surface area contributed by atoms with Crippen LogP contribution in [0.15, 0.2) is 35.2 Å². The van der Waals surface area contributed by atoms with E-state index in [2.05, 4.69) is 14.7 Å². The van der Waals surface area contributed by atoms with E-state index in [1.54, 1.807) is 19.1 Å². The number of nitrogens with one attached hydrogen (secondary N) is 1. The minimum absolute atomic E-state index is 0.0606. The van der Waals surface area contributed by atoms with Crippen LogP contribution in [-0.2, 0) is 16.4 Å². The van der Waals surface area contributed by atoms with E-state index in [4.69, 9.17) is 16.9 Å². The Labute approximate surface area is 127 Å². The molecular formula is C13H11ClN4O2S. The minimum atomic E-state index is -3.80. The first-order chi connectivity index (χ1) is 9.90. The van der Waals surface area contributed by atoms with E-state index in [0.717, 1.165) is 5.56 Å². The molecule has 0 amide bonds. The third kappa shape index (κ3) is 3.90. The molecule has 0 atom stereocenters. The summed E-state index contributed by atoms with van der Waals surface area (Å²) in [6.07, 6.45) is 0.227. The second kappa shape index (κ2) is 6.08. The summed E-state index contributed by atoms with van der Waals surface area (Å²) < 4.78 is 26.7. The molecule has 6 nitrogen and oxygen atoms in total. The average Bonchev–Trinajstić information content (AvgIpc) is 2.38. The quantitative estimate of drug-likeness (QED) is 0.871. The molecule has 108 valence electrons. The van der Waals surface area contributed by atoms with Gasteiger partial charge in [0.25, 0.3) is 10.0 Å². The van der Waals surface area contributed by atoms with Crippen LogP contribution in [0.4, 0.5) is 5.95 Å². The van der Waals surface area contributed by atoms with Gasteiger partial charge in [0.1, 0.15) is 5.15 Å². The van der Waals surface area contributed by atoms with Crippen LogP contribution in [0, 0.1) is 18.3 Å². The first-order valence-corrected chi connectivity index (χ1v) is 7.77. The molecule has 1 aromatic carbocycles. The average molecular weight is 323 g/mol. The molecule has 0 aliphatic rings. The topological polar surface area (TPSA) is 95.7 Å². The van der Waals surface area contributed by atoms with Crippen molar-refractivity contribution in [2.24, 2.45) is 0 Å². The molecule has 0 unspecified atom stereocenters. The van der Waals surface area contributed by atoms with Crippen molar-refractivity contribution in [3.8, 4) is 6.07 Å². The molecule has 0 saturated heterocycles. The van der Waals surface area contributed by atoms with Gasteiger partial charge in [-0.25, -0.2) is 23.1 Å². The van der Waals surface area contributed by atoms with Crippen LogP contribution in [-0.4, -0.2) is 18.4 Å². The van der Waals surface area contributed by atoms with Crippen molar-refractivity contribution >= 4 is 27.6 Å². The van der Waals surface area contributed by atoms with Crippen molar-refractivity contribution in [3.05, 3.63) is 46.7 Å². The smallest absolute Gasteiger partial charge is 0.247 e. The summed E-state index contributed by atoms with van der Waals surface area (Å²) >= 11 is 5.76. The third-order valence-electron chi connectivity index (χ3n) is 2.57. The van der Waals surface area contributed by atoms with E-state index >= 15 is 0 Å². The van der Waals surface area contributed by atoms with E-state index in [0.29, 0.717) is 5.69 Å². The lowest BCUT2D eigenvalue weighted by Crippen LogP contribution is -2.15. The van der Waals surface area contributed by atoms with Gasteiger partial charge in [0.15, 0.2) is 0 Å². The minimum Gasteiger partial charge on any atom is -0.247 e. The van der Waals surface area contributed by atoms with Crippen molar-refractivity contribution in [2.45, 2.75) is 18.2 Å². The van der Waals surface area contributed by atoms with Gasteiger partial charge in [-0.3, -0.25) is 0 Å². The van der Waals surface area contributed by atoms with Crippen LogP contribution < -0.4 is 4.72 Å². The number of aromatic nitrogens is 2. The normalized spacial score (nSPS) is 10.9. The number of halogens is 1. The van der Waals surface area contributed by atoms with Crippen molar-refractivity contribution in [3.63, 3.8) is 0 Å². The Morgan fingerprint density at radius 1 is 1.29 bits per heavy atom. The molecule has 0 saturated carbocycles. The molecule has 0 fully saturated rings. The van der Waals surface area contributed by atoms with E-state index < -0.39 is 10.0 Å². The van der Waals surface area contributed by atoms with Crippen LogP contribution >= 0.6 is 11.6 Å². The highest BCUT2D eigenvalue weighted by atomic mass is 35.5. The number of hydrogen-bond acceptors (Lipinski definition) is 5. The fourth-order valence-electron chi connectivity index (χ4n) is 1.63. The second-order valence-corrected chi connectivity index (χ2v) is 6.31. The molecule has 0 spiro atoms. The van der Waals surface area contributed by atoms with E-state index in [1.165, 1.54) is 18.2 Å². The summed E-state index contributed by atoms with van der Waals surface area (Å²) in [5, 5.41) is 8.74. The largest absolute Gasteiger partial charge is 0.264 e.